The summed E-state index contributed by atoms with van der Waals surface area (Å²) in [6.07, 6.45) is -0.325. The van der Waals surface area contributed by atoms with Gasteiger partial charge in [-0.15, -0.1) is 0 Å². The summed E-state index contributed by atoms with van der Waals surface area (Å²) in [5, 5.41) is 0.592. The SMILES string of the molecule is Cc1ccc(O[C@@H]2CCN(C(=O)OCc3ccccc3)C[C@H]2Oc2cccc(Cl)c2)cc1C. The van der Waals surface area contributed by atoms with Crippen molar-refractivity contribution in [1.29, 1.82) is 0 Å². The number of carbonyl (C=O) groups is 1. The number of halogens is 1. The highest BCUT2D eigenvalue weighted by atomic mass is 35.5. The first-order valence-electron chi connectivity index (χ1n) is 11.1. The Morgan fingerprint density at radius 2 is 1.67 bits per heavy atom. The molecule has 0 unspecified atom stereocenters. The Morgan fingerprint density at radius 1 is 0.909 bits per heavy atom. The Morgan fingerprint density at radius 3 is 2.42 bits per heavy atom. The summed E-state index contributed by atoms with van der Waals surface area (Å²) in [5.41, 5.74) is 3.33. The van der Waals surface area contributed by atoms with Crippen LogP contribution in [0.2, 0.25) is 5.02 Å². The van der Waals surface area contributed by atoms with Gasteiger partial charge in [-0.05, 0) is 60.9 Å². The number of nitrogens with zero attached hydrogens (tertiary/aromatic N) is 1. The van der Waals surface area contributed by atoms with Gasteiger partial charge in [0, 0.05) is 18.0 Å². The summed E-state index contributed by atoms with van der Waals surface area (Å²) in [4.78, 5) is 14.4. The molecular formula is C27H28ClNO4. The molecule has 0 spiro atoms. The largest absolute Gasteiger partial charge is 0.486 e. The molecule has 1 aliphatic rings. The van der Waals surface area contributed by atoms with E-state index in [9.17, 15) is 4.79 Å². The Labute approximate surface area is 199 Å². The molecule has 1 fully saturated rings. The third-order valence-corrected chi connectivity index (χ3v) is 6.05. The van der Waals surface area contributed by atoms with Gasteiger partial charge in [0.05, 0.1) is 6.54 Å². The molecule has 0 bridgehead atoms. The molecule has 0 saturated carbocycles. The van der Waals surface area contributed by atoms with Crippen LogP contribution in [-0.2, 0) is 11.3 Å². The van der Waals surface area contributed by atoms with Gasteiger partial charge >= 0.3 is 6.09 Å². The molecule has 3 aromatic carbocycles. The lowest BCUT2D eigenvalue weighted by atomic mass is 10.0. The fourth-order valence-electron chi connectivity index (χ4n) is 3.80. The standard InChI is InChI=1S/C27H28ClNO4/c1-19-11-12-24(15-20(19)2)32-25-13-14-29(27(30)31-18-21-7-4-3-5-8-21)17-26(25)33-23-10-6-9-22(28)16-23/h3-12,15-16,25-26H,13-14,17-18H2,1-2H3/t25-,26-/m1/s1. The van der Waals surface area contributed by atoms with Crippen LogP contribution >= 0.6 is 11.6 Å². The average molecular weight is 466 g/mol. The molecule has 33 heavy (non-hydrogen) atoms. The molecular weight excluding hydrogens is 438 g/mol. The molecule has 5 nitrogen and oxygen atoms in total. The summed E-state index contributed by atoms with van der Waals surface area (Å²) in [6.45, 7) is 5.25. The van der Waals surface area contributed by atoms with Gasteiger partial charge in [-0.2, -0.15) is 0 Å². The molecule has 6 heteroatoms. The average Bonchev–Trinajstić information content (AvgIpc) is 2.81. The van der Waals surface area contributed by atoms with Gasteiger partial charge in [0.2, 0.25) is 0 Å². The lowest BCUT2D eigenvalue weighted by Gasteiger charge is -2.38. The summed E-state index contributed by atoms with van der Waals surface area (Å²) < 4.78 is 18.1. The van der Waals surface area contributed by atoms with Crippen LogP contribution in [0.5, 0.6) is 11.5 Å². The van der Waals surface area contributed by atoms with E-state index in [0.29, 0.717) is 30.3 Å². The quantitative estimate of drug-likeness (QED) is 0.435. The fourth-order valence-corrected chi connectivity index (χ4v) is 3.98. The molecule has 0 radical (unpaired) electrons. The Bertz CT molecular complexity index is 1090. The molecule has 172 valence electrons. The van der Waals surface area contributed by atoms with Crippen LogP contribution in [-0.4, -0.2) is 36.3 Å². The third-order valence-electron chi connectivity index (χ3n) is 5.81. The van der Waals surface area contributed by atoms with Gasteiger partial charge in [0.15, 0.2) is 6.10 Å². The number of piperidine rings is 1. The van der Waals surface area contributed by atoms with Crippen LogP contribution in [0, 0.1) is 13.8 Å². The van der Waals surface area contributed by atoms with Crippen molar-refractivity contribution in [3.05, 3.63) is 94.5 Å². The number of hydrogen-bond donors (Lipinski definition) is 0. The molecule has 1 heterocycles. The third kappa shape index (κ3) is 6.20. The Balaban J connectivity index is 1.46. The van der Waals surface area contributed by atoms with Crippen molar-refractivity contribution >= 4 is 17.7 Å². The van der Waals surface area contributed by atoms with Gasteiger partial charge in [-0.25, -0.2) is 4.79 Å². The molecule has 0 aromatic heterocycles. The summed E-state index contributed by atoms with van der Waals surface area (Å²) in [6, 6.07) is 23.0. The molecule has 1 amide bonds. The highest BCUT2D eigenvalue weighted by Gasteiger charge is 2.35. The topological polar surface area (TPSA) is 48.0 Å². The van der Waals surface area contributed by atoms with Crippen LogP contribution < -0.4 is 9.47 Å². The van der Waals surface area contributed by atoms with Crippen molar-refractivity contribution in [1.82, 2.24) is 4.90 Å². The summed E-state index contributed by atoms with van der Waals surface area (Å²) in [5.74, 6) is 1.43. The van der Waals surface area contributed by atoms with E-state index in [-0.39, 0.29) is 24.9 Å². The van der Waals surface area contributed by atoms with E-state index >= 15 is 0 Å². The molecule has 0 N–H and O–H groups in total. The summed E-state index contributed by atoms with van der Waals surface area (Å²) >= 11 is 6.14. The number of benzene rings is 3. The fraction of sp³-hybridized carbons (Fsp3) is 0.296. The summed E-state index contributed by atoms with van der Waals surface area (Å²) in [7, 11) is 0. The Kier molecular flexibility index (Phi) is 7.40. The minimum absolute atomic E-state index is 0.218. The maximum absolute atomic E-state index is 12.8. The second kappa shape index (κ2) is 10.6. The van der Waals surface area contributed by atoms with E-state index in [1.54, 1.807) is 17.0 Å². The van der Waals surface area contributed by atoms with Gasteiger partial charge in [0.1, 0.15) is 24.2 Å². The van der Waals surface area contributed by atoms with Crippen molar-refractivity contribution in [2.75, 3.05) is 13.1 Å². The number of aryl methyl sites for hydroxylation is 2. The zero-order chi connectivity index (χ0) is 23.2. The number of likely N-dealkylation sites (tertiary alicyclic amines) is 1. The predicted molar refractivity (Wildman–Crippen MR) is 129 cm³/mol. The highest BCUT2D eigenvalue weighted by molar-refractivity contribution is 6.30. The second-order valence-electron chi connectivity index (χ2n) is 8.29. The normalized spacial score (nSPS) is 18.0. The van der Waals surface area contributed by atoms with E-state index in [0.717, 1.165) is 11.3 Å². The van der Waals surface area contributed by atoms with Crippen molar-refractivity contribution in [3.8, 4) is 11.5 Å². The Hall–Kier alpha value is -3.18. The van der Waals surface area contributed by atoms with Crippen molar-refractivity contribution in [3.63, 3.8) is 0 Å². The lowest BCUT2D eigenvalue weighted by molar-refractivity contribution is -0.0125. The second-order valence-corrected chi connectivity index (χ2v) is 8.73. The van der Waals surface area contributed by atoms with Gasteiger partial charge in [-0.1, -0.05) is 54.1 Å². The number of ether oxygens (including phenoxy) is 3. The van der Waals surface area contributed by atoms with Crippen LogP contribution in [0.3, 0.4) is 0 Å². The van der Waals surface area contributed by atoms with E-state index in [1.807, 2.05) is 60.7 Å². The van der Waals surface area contributed by atoms with Crippen molar-refractivity contribution in [2.24, 2.45) is 0 Å². The maximum atomic E-state index is 12.8. The first-order valence-corrected chi connectivity index (χ1v) is 11.5. The lowest BCUT2D eigenvalue weighted by Crippen LogP contribution is -2.53. The van der Waals surface area contributed by atoms with Crippen LogP contribution in [0.1, 0.15) is 23.1 Å². The van der Waals surface area contributed by atoms with E-state index in [1.165, 1.54) is 11.1 Å². The van der Waals surface area contributed by atoms with Gasteiger partial charge < -0.3 is 19.1 Å². The molecule has 1 saturated heterocycles. The first-order chi connectivity index (χ1) is 16.0. The molecule has 4 rings (SSSR count). The zero-order valence-corrected chi connectivity index (χ0v) is 19.6. The molecule has 3 aromatic rings. The van der Waals surface area contributed by atoms with E-state index < -0.39 is 0 Å². The van der Waals surface area contributed by atoms with Gasteiger partial charge in [-0.3, -0.25) is 0 Å². The van der Waals surface area contributed by atoms with Crippen LogP contribution in [0.4, 0.5) is 4.79 Å². The van der Waals surface area contributed by atoms with E-state index in [2.05, 4.69) is 13.8 Å². The van der Waals surface area contributed by atoms with Crippen LogP contribution in [0.25, 0.3) is 0 Å². The monoisotopic (exact) mass is 465 g/mol. The number of rotatable bonds is 6. The first kappa shape index (κ1) is 23.0. The van der Waals surface area contributed by atoms with E-state index in [4.69, 9.17) is 25.8 Å². The van der Waals surface area contributed by atoms with Gasteiger partial charge in [0.25, 0.3) is 0 Å². The number of carbonyl (C=O) groups excluding carboxylic acids is 1. The molecule has 2 atom stereocenters. The maximum Gasteiger partial charge on any atom is 0.410 e. The highest BCUT2D eigenvalue weighted by Crippen LogP contribution is 2.26. The molecule has 0 aliphatic carbocycles. The predicted octanol–water partition coefficient (Wildman–Crippen LogP) is 6.19. The minimum atomic E-state index is -0.372. The minimum Gasteiger partial charge on any atom is -0.486 e. The number of amides is 1. The smallest absolute Gasteiger partial charge is 0.410 e. The van der Waals surface area contributed by atoms with Crippen molar-refractivity contribution in [2.45, 2.75) is 39.1 Å². The van der Waals surface area contributed by atoms with Crippen LogP contribution in [0.15, 0.2) is 72.8 Å². The van der Waals surface area contributed by atoms with Crippen molar-refractivity contribution < 1.29 is 19.0 Å². The molecule has 1 aliphatic heterocycles. The zero-order valence-electron chi connectivity index (χ0n) is 18.9. The number of hydrogen-bond acceptors (Lipinski definition) is 4.